The van der Waals surface area contributed by atoms with Gasteiger partial charge in [-0.3, -0.25) is 0 Å². The summed E-state index contributed by atoms with van der Waals surface area (Å²) in [5.74, 6) is 0.820. The molecule has 4 aromatic rings. The van der Waals surface area contributed by atoms with Crippen molar-refractivity contribution in [3.63, 3.8) is 0 Å². The van der Waals surface area contributed by atoms with E-state index >= 15 is 0 Å². The van der Waals surface area contributed by atoms with Crippen molar-refractivity contribution in [3.8, 4) is 11.3 Å². The maximum Gasteiger partial charge on any atom is 0.215 e. The summed E-state index contributed by atoms with van der Waals surface area (Å²) in [6.45, 7) is 1.37. The van der Waals surface area contributed by atoms with Crippen molar-refractivity contribution in [3.05, 3.63) is 102 Å². The summed E-state index contributed by atoms with van der Waals surface area (Å²) in [7, 11) is 0. The molecule has 0 bridgehead atoms. The lowest BCUT2D eigenvalue weighted by Crippen LogP contribution is -2.32. The van der Waals surface area contributed by atoms with E-state index in [2.05, 4.69) is 28.8 Å². The molecule has 0 aliphatic rings. The van der Waals surface area contributed by atoms with Gasteiger partial charge in [0.25, 0.3) is 0 Å². The van der Waals surface area contributed by atoms with Crippen LogP contribution in [0.3, 0.4) is 0 Å². The Hall–Kier alpha value is -3.17. The van der Waals surface area contributed by atoms with Crippen molar-refractivity contribution in [2.45, 2.75) is 6.54 Å². The maximum atomic E-state index is 9.67. The highest BCUT2D eigenvalue weighted by molar-refractivity contribution is 5.78. The fraction of sp³-hybridized carbons (Fsp3) is 0.125. The summed E-state index contributed by atoms with van der Waals surface area (Å²) in [5.41, 5.74) is 3.08. The first kappa shape index (κ1) is 17.3. The zero-order valence-electron chi connectivity index (χ0n) is 15.1. The zero-order valence-corrected chi connectivity index (χ0v) is 15.1. The summed E-state index contributed by atoms with van der Waals surface area (Å²) in [6.07, 6.45) is 0. The molecule has 3 aromatic carbocycles. The van der Waals surface area contributed by atoms with Crippen molar-refractivity contribution >= 4 is 11.0 Å². The number of nitrogens with zero attached hydrogens (tertiary/aromatic N) is 1. The van der Waals surface area contributed by atoms with Gasteiger partial charge in [-0.1, -0.05) is 72.8 Å². The Morgan fingerprint density at radius 1 is 0.778 bits per heavy atom. The van der Waals surface area contributed by atoms with Gasteiger partial charge in [-0.2, -0.15) is 0 Å². The summed E-state index contributed by atoms with van der Waals surface area (Å²) in [6, 6.07) is 30.6. The fourth-order valence-electron chi connectivity index (χ4n) is 3.33. The smallest absolute Gasteiger partial charge is 0.215 e. The van der Waals surface area contributed by atoms with Gasteiger partial charge < -0.3 is 9.52 Å². The molecule has 3 heteroatoms. The average Bonchev–Trinajstić information content (AvgIpc) is 2.74. The van der Waals surface area contributed by atoms with E-state index in [0.717, 1.165) is 34.2 Å². The van der Waals surface area contributed by atoms with Crippen LogP contribution in [0.4, 0.5) is 0 Å². The number of aliphatic hydroxyl groups excluding tert-OH is 1. The van der Waals surface area contributed by atoms with Gasteiger partial charge in [-0.05, 0) is 12.1 Å². The molecule has 4 rings (SSSR count). The van der Waals surface area contributed by atoms with E-state index in [1.165, 1.54) is 5.56 Å². The lowest BCUT2D eigenvalue weighted by Gasteiger charge is -2.07. The van der Waals surface area contributed by atoms with Gasteiger partial charge in [0.05, 0.1) is 11.5 Å². The predicted molar refractivity (Wildman–Crippen MR) is 109 cm³/mol. The first-order valence-corrected chi connectivity index (χ1v) is 9.16. The Labute approximate surface area is 158 Å². The largest absolute Gasteiger partial charge is 0.456 e. The van der Waals surface area contributed by atoms with E-state index in [4.69, 9.17) is 4.42 Å². The predicted octanol–water partition coefficient (Wildman–Crippen LogP) is 4.06. The SMILES string of the molecule is OCC[N+](Cc1ccccc1)=c1cc(-c2ccccc2)oc2ccccc12. The first-order valence-electron chi connectivity index (χ1n) is 9.16. The molecule has 0 amide bonds. The monoisotopic (exact) mass is 356 g/mol. The number of fused-ring (bicyclic) bond motifs is 1. The highest BCUT2D eigenvalue weighted by Crippen LogP contribution is 2.21. The van der Waals surface area contributed by atoms with Crippen LogP contribution in [0.25, 0.3) is 22.3 Å². The van der Waals surface area contributed by atoms with E-state index in [0.29, 0.717) is 6.54 Å². The highest BCUT2D eigenvalue weighted by Gasteiger charge is 2.14. The van der Waals surface area contributed by atoms with Crippen LogP contribution in [0.1, 0.15) is 5.56 Å². The normalized spacial score (nSPS) is 12.2. The number of aliphatic hydroxyl groups is 1. The minimum atomic E-state index is 0.0911. The summed E-state index contributed by atoms with van der Waals surface area (Å²) in [5, 5.41) is 11.8. The van der Waals surface area contributed by atoms with Gasteiger partial charge in [-0.25, -0.2) is 4.58 Å². The molecule has 27 heavy (non-hydrogen) atoms. The number of hydrogen-bond acceptors (Lipinski definition) is 2. The van der Waals surface area contributed by atoms with Crippen LogP contribution in [0.15, 0.2) is 95.4 Å². The van der Waals surface area contributed by atoms with Gasteiger partial charge in [0.1, 0.15) is 18.0 Å². The molecular formula is C24H22NO2+. The molecule has 3 nitrogen and oxygen atoms in total. The molecule has 0 aliphatic carbocycles. The van der Waals surface area contributed by atoms with E-state index in [1.807, 2.05) is 66.7 Å². The number of rotatable bonds is 5. The molecule has 1 N–H and O–H groups in total. The van der Waals surface area contributed by atoms with E-state index in [9.17, 15) is 5.11 Å². The van der Waals surface area contributed by atoms with Crippen molar-refractivity contribution < 1.29 is 9.52 Å². The first-order chi connectivity index (χ1) is 13.3. The van der Waals surface area contributed by atoms with Crippen LogP contribution in [0.5, 0.6) is 0 Å². The lowest BCUT2D eigenvalue weighted by atomic mass is 10.1. The number of para-hydroxylation sites is 1. The van der Waals surface area contributed by atoms with E-state index < -0.39 is 0 Å². The Balaban J connectivity index is 1.97. The van der Waals surface area contributed by atoms with Crippen LogP contribution in [0.2, 0.25) is 0 Å². The van der Waals surface area contributed by atoms with Gasteiger partial charge in [-0.15, -0.1) is 0 Å². The van der Waals surface area contributed by atoms with Crippen LogP contribution in [-0.2, 0) is 6.54 Å². The van der Waals surface area contributed by atoms with Gasteiger partial charge >= 0.3 is 0 Å². The van der Waals surface area contributed by atoms with E-state index in [1.54, 1.807) is 0 Å². The van der Waals surface area contributed by atoms with Gasteiger partial charge in [0.2, 0.25) is 5.36 Å². The van der Waals surface area contributed by atoms with Crippen molar-refractivity contribution in [1.82, 2.24) is 4.58 Å². The summed E-state index contributed by atoms with van der Waals surface area (Å²) >= 11 is 0. The van der Waals surface area contributed by atoms with E-state index in [-0.39, 0.29) is 6.61 Å². The molecule has 0 fully saturated rings. The summed E-state index contributed by atoms with van der Waals surface area (Å²) < 4.78 is 8.39. The quantitative estimate of drug-likeness (QED) is 0.547. The van der Waals surface area contributed by atoms with Crippen LogP contribution in [0, 0.1) is 0 Å². The third kappa shape index (κ3) is 3.83. The van der Waals surface area contributed by atoms with Crippen LogP contribution < -0.4 is 9.93 Å². The zero-order chi connectivity index (χ0) is 18.5. The molecule has 0 atom stereocenters. The van der Waals surface area contributed by atoms with Crippen molar-refractivity contribution in [1.29, 1.82) is 0 Å². The third-order valence-electron chi connectivity index (χ3n) is 4.64. The molecule has 0 spiro atoms. The van der Waals surface area contributed by atoms with Crippen LogP contribution >= 0.6 is 0 Å². The lowest BCUT2D eigenvalue weighted by molar-refractivity contribution is 0.280. The average molecular weight is 356 g/mol. The Bertz CT molecular complexity index is 1100. The highest BCUT2D eigenvalue weighted by atomic mass is 16.3. The fourth-order valence-corrected chi connectivity index (χ4v) is 3.33. The second-order valence-electron chi connectivity index (χ2n) is 6.49. The minimum absolute atomic E-state index is 0.0911. The molecule has 1 heterocycles. The van der Waals surface area contributed by atoms with Crippen LogP contribution in [-0.4, -0.2) is 18.3 Å². The van der Waals surface area contributed by atoms with Gasteiger partial charge in [0.15, 0.2) is 13.1 Å². The Morgan fingerprint density at radius 3 is 2.19 bits per heavy atom. The van der Waals surface area contributed by atoms with Crippen molar-refractivity contribution in [2.24, 2.45) is 0 Å². The molecule has 0 radical (unpaired) electrons. The molecule has 0 unspecified atom stereocenters. The molecule has 1 aromatic heterocycles. The number of benzene rings is 3. The minimum Gasteiger partial charge on any atom is -0.456 e. The summed E-state index contributed by atoms with van der Waals surface area (Å²) in [4.78, 5) is 0. The molecule has 0 saturated carbocycles. The molecule has 0 saturated heterocycles. The molecule has 134 valence electrons. The second kappa shape index (κ2) is 8.02. The standard InChI is InChI=1S/C24H22NO2/c26-16-15-25(18-19-9-3-1-4-10-19)22-17-24(20-11-5-2-6-12-20)27-23-14-8-7-13-21(22)23/h1-14,17,26H,15-16,18H2/q+1. The van der Waals surface area contributed by atoms with Gasteiger partial charge in [0, 0.05) is 11.1 Å². The molecule has 0 aliphatic heterocycles. The topological polar surface area (TPSA) is 36.4 Å². The number of hydrogen-bond donors (Lipinski definition) is 1. The Kier molecular flexibility index (Phi) is 5.13. The third-order valence-corrected chi connectivity index (χ3v) is 4.64. The Morgan fingerprint density at radius 2 is 1.44 bits per heavy atom. The maximum absolute atomic E-state index is 9.67. The molecular weight excluding hydrogens is 334 g/mol. The second-order valence-corrected chi connectivity index (χ2v) is 6.49. The van der Waals surface area contributed by atoms with Crippen molar-refractivity contribution in [2.75, 3.05) is 13.2 Å².